The first-order valence-corrected chi connectivity index (χ1v) is 9.27. The fourth-order valence-electron chi connectivity index (χ4n) is 3.60. The molecule has 1 aliphatic heterocycles. The van der Waals surface area contributed by atoms with E-state index in [9.17, 15) is 9.90 Å². The summed E-state index contributed by atoms with van der Waals surface area (Å²) in [4.78, 5) is 12.6. The molecule has 2 N–H and O–H groups in total. The molecule has 0 radical (unpaired) electrons. The molecule has 0 fully saturated rings. The molecule has 5 nitrogen and oxygen atoms in total. The number of anilines is 1. The molecular weight excluding hydrogens is 366 g/mol. The van der Waals surface area contributed by atoms with Gasteiger partial charge in [-0.05, 0) is 41.5 Å². The van der Waals surface area contributed by atoms with Gasteiger partial charge in [0.05, 0.1) is 6.26 Å². The molecule has 1 amide bonds. The Morgan fingerprint density at radius 2 is 1.86 bits per heavy atom. The SMILES string of the molecule is COC1C(=O)Nc2ccc(/C=C/C=C/c3ccco3)cc2C1(O)c1ccccc1. The number of rotatable bonds is 5. The summed E-state index contributed by atoms with van der Waals surface area (Å²) in [5, 5.41) is 14.5. The first kappa shape index (κ1) is 18.9. The number of benzene rings is 2. The van der Waals surface area contributed by atoms with Gasteiger partial charge in [0.25, 0.3) is 5.91 Å². The molecule has 29 heavy (non-hydrogen) atoms. The monoisotopic (exact) mass is 387 g/mol. The summed E-state index contributed by atoms with van der Waals surface area (Å²) in [5.74, 6) is 0.389. The van der Waals surface area contributed by atoms with Crippen LogP contribution in [0.1, 0.15) is 22.5 Å². The number of furan rings is 1. The number of amides is 1. The molecule has 3 aromatic rings. The third kappa shape index (κ3) is 3.53. The molecule has 0 saturated heterocycles. The molecule has 0 saturated carbocycles. The Labute approximate surface area is 168 Å². The van der Waals surface area contributed by atoms with E-state index < -0.39 is 11.7 Å². The van der Waals surface area contributed by atoms with E-state index in [0.29, 0.717) is 16.8 Å². The molecule has 1 aromatic heterocycles. The van der Waals surface area contributed by atoms with Crippen molar-refractivity contribution >= 4 is 23.7 Å². The van der Waals surface area contributed by atoms with Crippen LogP contribution >= 0.6 is 0 Å². The molecule has 2 atom stereocenters. The molecule has 146 valence electrons. The molecular formula is C24H21NO4. The van der Waals surface area contributed by atoms with Crippen molar-refractivity contribution in [3.05, 3.63) is 102 Å². The number of ether oxygens (including phenoxy) is 1. The number of allylic oxidation sites excluding steroid dienone is 2. The van der Waals surface area contributed by atoms with Crippen LogP contribution in [0.25, 0.3) is 12.2 Å². The zero-order chi connectivity index (χ0) is 20.3. The number of aliphatic hydroxyl groups is 1. The van der Waals surface area contributed by atoms with Gasteiger partial charge in [-0.2, -0.15) is 0 Å². The minimum absolute atomic E-state index is 0.379. The van der Waals surface area contributed by atoms with Crippen molar-refractivity contribution in [3.8, 4) is 0 Å². The van der Waals surface area contributed by atoms with E-state index in [4.69, 9.17) is 9.15 Å². The summed E-state index contributed by atoms with van der Waals surface area (Å²) in [6.07, 6.45) is 8.11. The predicted octanol–water partition coefficient (Wildman–Crippen LogP) is 4.21. The standard InChI is InChI=1S/C24H21NO4/c1-28-22-23(26)25-21-14-13-17(8-5-6-11-19-12-7-15-29-19)16-20(21)24(22,27)18-9-3-2-4-10-18/h2-16,22,27H,1H3,(H,25,26)/b8-5+,11-6+. The van der Waals surface area contributed by atoms with Gasteiger partial charge in [-0.15, -0.1) is 0 Å². The number of carbonyl (C=O) groups excluding carboxylic acids is 1. The van der Waals surface area contributed by atoms with E-state index in [-0.39, 0.29) is 5.91 Å². The van der Waals surface area contributed by atoms with Crippen molar-refractivity contribution in [2.45, 2.75) is 11.7 Å². The van der Waals surface area contributed by atoms with Gasteiger partial charge >= 0.3 is 0 Å². The van der Waals surface area contributed by atoms with Gasteiger partial charge in [-0.1, -0.05) is 54.6 Å². The maximum Gasteiger partial charge on any atom is 0.257 e. The smallest absolute Gasteiger partial charge is 0.257 e. The van der Waals surface area contributed by atoms with Gasteiger partial charge in [0.1, 0.15) is 5.76 Å². The zero-order valence-corrected chi connectivity index (χ0v) is 15.9. The van der Waals surface area contributed by atoms with Crippen molar-refractivity contribution < 1.29 is 19.1 Å². The van der Waals surface area contributed by atoms with E-state index in [1.165, 1.54) is 7.11 Å². The van der Waals surface area contributed by atoms with Crippen LogP contribution in [-0.2, 0) is 15.1 Å². The van der Waals surface area contributed by atoms with Crippen molar-refractivity contribution in [1.29, 1.82) is 0 Å². The lowest BCUT2D eigenvalue weighted by molar-refractivity contribution is -0.142. The summed E-state index contributed by atoms with van der Waals surface area (Å²) < 4.78 is 10.7. The van der Waals surface area contributed by atoms with E-state index in [0.717, 1.165) is 11.3 Å². The maximum absolute atomic E-state index is 12.6. The third-order valence-electron chi connectivity index (χ3n) is 4.98. The number of methoxy groups -OCH3 is 1. The average Bonchev–Trinajstić information content (AvgIpc) is 3.26. The van der Waals surface area contributed by atoms with Gasteiger partial charge in [-0.3, -0.25) is 4.79 Å². The third-order valence-corrected chi connectivity index (χ3v) is 4.98. The minimum atomic E-state index is -1.60. The highest BCUT2D eigenvalue weighted by atomic mass is 16.5. The van der Waals surface area contributed by atoms with Crippen LogP contribution in [0.3, 0.4) is 0 Å². The lowest BCUT2D eigenvalue weighted by Gasteiger charge is -2.40. The Morgan fingerprint density at radius 1 is 1.07 bits per heavy atom. The summed E-state index contributed by atoms with van der Waals surface area (Å²) in [6, 6.07) is 18.4. The number of nitrogens with one attached hydrogen (secondary N) is 1. The van der Waals surface area contributed by atoms with E-state index >= 15 is 0 Å². The largest absolute Gasteiger partial charge is 0.465 e. The fourth-order valence-corrected chi connectivity index (χ4v) is 3.60. The van der Waals surface area contributed by atoms with E-state index in [1.807, 2.05) is 66.8 Å². The molecule has 1 aliphatic rings. The second-order valence-corrected chi connectivity index (χ2v) is 6.78. The van der Waals surface area contributed by atoms with Crippen LogP contribution in [0.4, 0.5) is 5.69 Å². The number of carbonyl (C=O) groups is 1. The Hall–Kier alpha value is -3.41. The van der Waals surface area contributed by atoms with Crippen LogP contribution in [0.5, 0.6) is 0 Å². The normalized spacial score (nSPS) is 21.4. The minimum Gasteiger partial charge on any atom is -0.465 e. The summed E-state index contributed by atoms with van der Waals surface area (Å²) in [7, 11) is 1.42. The molecule has 0 bridgehead atoms. The average molecular weight is 387 g/mol. The molecule has 4 rings (SSSR count). The fraction of sp³-hybridized carbons (Fsp3) is 0.125. The molecule has 0 aliphatic carbocycles. The first-order valence-electron chi connectivity index (χ1n) is 9.27. The molecule has 2 aromatic carbocycles. The Morgan fingerprint density at radius 3 is 2.59 bits per heavy atom. The molecule has 0 spiro atoms. The van der Waals surface area contributed by atoms with Crippen LogP contribution in [0.15, 0.2) is 83.5 Å². The van der Waals surface area contributed by atoms with Gasteiger partial charge in [-0.25, -0.2) is 0 Å². The number of hydrogen-bond donors (Lipinski definition) is 2. The number of fused-ring (bicyclic) bond motifs is 1. The lowest BCUT2D eigenvalue weighted by atomic mass is 9.77. The highest BCUT2D eigenvalue weighted by Crippen LogP contribution is 2.42. The quantitative estimate of drug-likeness (QED) is 0.644. The zero-order valence-electron chi connectivity index (χ0n) is 15.9. The second-order valence-electron chi connectivity index (χ2n) is 6.78. The molecule has 2 heterocycles. The predicted molar refractivity (Wildman–Crippen MR) is 112 cm³/mol. The lowest BCUT2D eigenvalue weighted by Crippen LogP contribution is -2.52. The van der Waals surface area contributed by atoms with E-state index in [1.54, 1.807) is 24.5 Å². The van der Waals surface area contributed by atoms with Gasteiger partial charge in [0.2, 0.25) is 0 Å². The van der Waals surface area contributed by atoms with Gasteiger partial charge in [0, 0.05) is 18.4 Å². The Kier molecular flexibility index (Phi) is 5.16. The van der Waals surface area contributed by atoms with Crippen molar-refractivity contribution in [2.24, 2.45) is 0 Å². The van der Waals surface area contributed by atoms with Crippen molar-refractivity contribution in [1.82, 2.24) is 0 Å². The highest BCUT2D eigenvalue weighted by molar-refractivity contribution is 5.99. The molecule has 2 unspecified atom stereocenters. The topological polar surface area (TPSA) is 71.7 Å². The van der Waals surface area contributed by atoms with Crippen LogP contribution < -0.4 is 5.32 Å². The summed E-state index contributed by atoms with van der Waals surface area (Å²) in [5.41, 5.74) is 1.04. The van der Waals surface area contributed by atoms with Crippen LogP contribution in [-0.4, -0.2) is 24.2 Å². The summed E-state index contributed by atoms with van der Waals surface area (Å²) in [6.45, 7) is 0. The second kappa shape index (κ2) is 7.91. The number of hydrogen-bond acceptors (Lipinski definition) is 4. The van der Waals surface area contributed by atoms with Crippen molar-refractivity contribution in [3.63, 3.8) is 0 Å². The van der Waals surface area contributed by atoms with Crippen LogP contribution in [0, 0.1) is 0 Å². The van der Waals surface area contributed by atoms with E-state index in [2.05, 4.69) is 5.32 Å². The van der Waals surface area contributed by atoms with Gasteiger partial charge in [0.15, 0.2) is 11.7 Å². The first-order chi connectivity index (χ1) is 14.1. The van der Waals surface area contributed by atoms with Gasteiger partial charge < -0.3 is 19.6 Å². The van der Waals surface area contributed by atoms with Crippen LogP contribution in [0.2, 0.25) is 0 Å². The molecule has 5 heteroatoms. The Balaban J connectivity index is 1.73. The maximum atomic E-state index is 12.6. The Bertz CT molecular complexity index is 1050. The summed E-state index contributed by atoms with van der Waals surface area (Å²) >= 11 is 0. The highest BCUT2D eigenvalue weighted by Gasteiger charge is 2.49. The van der Waals surface area contributed by atoms with Crippen molar-refractivity contribution in [2.75, 3.05) is 12.4 Å².